The number of carboxylic acid groups (broad SMARTS) is 1. The van der Waals surface area contributed by atoms with Crippen molar-refractivity contribution in [2.45, 2.75) is 56.3 Å². The van der Waals surface area contributed by atoms with Gasteiger partial charge in [0, 0.05) is 18.8 Å². The quantitative estimate of drug-likeness (QED) is 0.0704. The van der Waals surface area contributed by atoms with Crippen LogP contribution in [0.5, 0.6) is 0 Å². The van der Waals surface area contributed by atoms with Crippen molar-refractivity contribution in [2.75, 3.05) is 45.0 Å². The molecule has 2 heterocycles. The van der Waals surface area contributed by atoms with E-state index in [2.05, 4.69) is 39.2 Å². The van der Waals surface area contributed by atoms with Crippen molar-refractivity contribution >= 4 is 65.9 Å². The number of rotatable bonds is 16. The molecule has 20 heteroatoms. The smallest absolute Gasteiger partial charge is 0.326 e. The Morgan fingerprint density at radius 2 is 1.24 bits per heavy atom. The lowest BCUT2D eigenvalue weighted by atomic mass is 10.2. The van der Waals surface area contributed by atoms with Gasteiger partial charge in [-0.3, -0.25) is 38.4 Å². The van der Waals surface area contributed by atoms with E-state index in [4.69, 9.17) is 16.6 Å². The van der Waals surface area contributed by atoms with Gasteiger partial charge in [-0.15, -0.1) is 0 Å². The summed E-state index contributed by atoms with van der Waals surface area (Å²) in [6.45, 7) is -1.27. The molecule has 10 N–H and O–H groups in total. The van der Waals surface area contributed by atoms with Gasteiger partial charge in [0.05, 0.1) is 32.6 Å². The summed E-state index contributed by atoms with van der Waals surface area (Å²) in [6, 6.07) is -4.42. The van der Waals surface area contributed by atoms with E-state index < -0.39 is 97.5 Å². The summed E-state index contributed by atoms with van der Waals surface area (Å²) in [5, 5.41) is 20.7. The van der Waals surface area contributed by atoms with Crippen LogP contribution in [-0.2, 0) is 43.2 Å². The topological polar surface area (TPSA) is 293 Å². The Balaban J connectivity index is 1.80. The maximum atomic E-state index is 12.8. The van der Waals surface area contributed by atoms with E-state index >= 15 is 0 Å². The van der Waals surface area contributed by atoms with Gasteiger partial charge >= 0.3 is 5.97 Å². The minimum Gasteiger partial charge on any atom is -0.480 e. The predicted octanol–water partition coefficient (Wildman–Crippen LogP) is -5.86. The lowest BCUT2D eigenvalue weighted by Crippen LogP contribution is -2.54. The van der Waals surface area contributed by atoms with Crippen molar-refractivity contribution in [3.8, 4) is 0 Å². The fourth-order valence-corrected chi connectivity index (χ4v) is 5.09. The van der Waals surface area contributed by atoms with Crippen LogP contribution in [0.1, 0.15) is 32.1 Å². The number of thiol groups is 1. The molecule has 2 aliphatic heterocycles. The molecule has 8 amide bonds. The van der Waals surface area contributed by atoms with Gasteiger partial charge < -0.3 is 53.0 Å². The van der Waals surface area contributed by atoms with Crippen LogP contribution in [0.25, 0.3) is 0 Å². The molecule has 4 atom stereocenters. The van der Waals surface area contributed by atoms with Crippen molar-refractivity contribution < 1.29 is 48.3 Å². The van der Waals surface area contributed by atoms with Gasteiger partial charge in [0.15, 0.2) is 0 Å². The molecule has 2 rings (SSSR count). The second kappa shape index (κ2) is 17.7. The molecule has 0 spiro atoms. The Bertz CT molecular complexity index is 1190. The first-order chi connectivity index (χ1) is 21.3. The molecule has 0 aliphatic carbocycles. The van der Waals surface area contributed by atoms with Gasteiger partial charge in [-0.25, -0.2) is 4.79 Å². The number of nitrogens with one attached hydrogen (secondary N) is 5. The number of hydrogen-bond donors (Lipinski definition) is 9. The zero-order valence-electron chi connectivity index (χ0n) is 24.4. The van der Waals surface area contributed by atoms with Crippen molar-refractivity contribution in [2.24, 2.45) is 11.5 Å². The van der Waals surface area contributed by atoms with E-state index in [1.807, 2.05) is 0 Å². The van der Waals surface area contributed by atoms with Gasteiger partial charge in [-0.2, -0.15) is 12.6 Å². The maximum Gasteiger partial charge on any atom is 0.326 e. The van der Waals surface area contributed by atoms with Crippen LogP contribution in [0.3, 0.4) is 0 Å². The van der Waals surface area contributed by atoms with Crippen LogP contribution in [-0.4, -0.2) is 137 Å². The number of carbonyl (C=O) groups excluding carboxylic acids is 8. The van der Waals surface area contributed by atoms with E-state index in [1.165, 1.54) is 9.80 Å². The molecule has 2 fully saturated rings. The number of amides is 8. The Morgan fingerprint density at radius 1 is 0.756 bits per heavy atom. The van der Waals surface area contributed by atoms with Crippen LogP contribution in [0.4, 0.5) is 0 Å². The molecule has 0 radical (unpaired) electrons. The molecule has 0 bridgehead atoms. The van der Waals surface area contributed by atoms with Gasteiger partial charge in [0.25, 0.3) is 0 Å². The normalized spacial score (nSPS) is 18.7. The van der Waals surface area contributed by atoms with Gasteiger partial charge in [-0.05, 0) is 25.7 Å². The van der Waals surface area contributed by atoms with Crippen LogP contribution >= 0.6 is 12.6 Å². The van der Waals surface area contributed by atoms with E-state index in [-0.39, 0.29) is 31.2 Å². The van der Waals surface area contributed by atoms with E-state index in [0.717, 1.165) is 0 Å². The largest absolute Gasteiger partial charge is 0.480 e. The van der Waals surface area contributed by atoms with Crippen molar-refractivity contribution in [3.63, 3.8) is 0 Å². The predicted molar refractivity (Wildman–Crippen MR) is 157 cm³/mol. The molecular weight excluding hydrogens is 618 g/mol. The summed E-state index contributed by atoms with van der Waals surface area (Å²) in [6.07, 6.45) is 1.13. The minimum atomic E-state index is -1.57. The fourth-order valence-electron chi connectivity index (χ4n) is 4.84. The summed E-state index contributed by atoms with van der Waals surface area (Å²) in [5.41, 5.74) is 10.3. The Morgan fingerprint density at radius 3 is 1.69 bits per heavy atom. The fraction of sp³-hybridized carbons (Fsp3) is 0.640. The molecule has 2 aliphatic rings. The summed E-state index contributed by atoms with van der Waals surface area (Å²) in [4.78, 5) is 112. The van der Waals surface area contributed by atoms with Crippen molar-refractivity contribution in [3.05, 3.63) is 0 Å². The number of nitrogens with zero attached hydrogens (tertiary/aromatic N) is 2. The molecule has 0 saturated carbocycles. The Hall–Kier alpha value is -4.46. The van der Waals surface area contributed by atoms with Crippen LogP contribution in [0, 0.1) is 0 Å². The van der Waals surface area contributed by atoms with Gasteiger partial charge in [-0.1, -0.05) is 0 Å². The molecule has 0 aromatic carbocycles. The third-order valence-electron chi connectivity index (χ3n) is 7.06. The zero-order chi connectivity index (χ0) is 33.7. The highest BCUT2D eigenvalue weighted by atomic mass is 32.1. The van der Waals surface area contributed by atoms with Crippen LogP contribution in [0.2, 0.25) is 0 Å². The number of primary amides is 1. The Kier molecular flexibility index (Phi) is 14.5. The number of aliphatic carboxylic acids is 1. The minimum absolute atomic E-state index is 0.139. The molecule has 4 unspecified atom stereocenters. The molecule has 2 saturated heterocycles. The highest BCUT2D eigenvalue weighted by Gasteiger charge is 2.35. The monoisotopic (exact) mass is 657 g/mol. The summed E-state index contributed by atoms with van der Waals surface area (Å²) < 4.78 is 0. The molecule has 45 heavy (non-hydrogen) atoms. The maximum absolute atomic E-state index is 12.8. The summed E-state index contributed by atoms with van der Waals surface area (Å²) in [5.74, 6) is -7.10. The first-order valence-corrected chi connectivity index (χ1v) is 14.7. The molecule has 0 aromatic heterocycles. The molecule has 19 nitrogen and oxygen atoms in total. The molecular formula is C25H39N9O10S. The highest BCUT2D eigenvalue weighted by molar-refractivity contribution is 7.80. The van der Waals surface area contributed by atoms with E-state index in [0.29, 0.717) is 25.8 Å². The van der Waals surface area contributed by atoms with Gasteiger partial charge in [0.2, 0.25) is 47.3 Å². The lowest BCUT2D eigenvalue weighted by molar-refractivity contribution is -0.143. The Labute approximate surface area is 263 Å². The second-order valence-corrected chi connectivity index (χ2v) is 10.6. The molecule has 250 valence electrons. The number of carboxylic acids is 1. The van der Waals surface area contributed by atoms with Crippen LogP contribution in [0.15, 0.2) is 0 Å². The summed E-state index contributed by atoms with van der Waals surface area (Å²) in [7, 11) is 0. The first kappa shape index (κ1) is 36.7. The van der Waals surface area contributed by atoms with Crippen LogP contribution < -0.4 is 38.1 Å². The number of carbonyl (C=O) groups is 9. The number of hydrogen-bond acceptors (Lipinski definition) is 11. The average molecular weight is 658 g/mol. The van der Waals surface area contributed by atoms with Gasteiger partial charge in [0.1, 0.15) is 24.2 Å². The SMILES string of the molecule is NCC(=O)N1CCCC1C(=O)NCC(=O)NC(CS)C(=O)NCC(=O)N1CCCC1C(=O)NCC(=O)NC(CC(N)=O)C(=O)O. The third kappa shape index (κ3) is 11.2. The number of likely N-dealkylation sites (tertiary alicyclic amines) is 2. The van der Waals surface area contributed by atoms with E-state index in [1.54, 1.807) is 0 Å². The summed E-state index contributed by atoms with van der Waals surface area (Å²) >= 11 is 4.06. The molecule has 0 aromatic rings. The second-order valence-electron chi connectivity index (χ2n) is 10.3. The van der Waals surface area contributed by atoms with Crippen molar-refractivity contribution in [1.82, 2.24) is 36.4 Å². The standard InChI is InChI=1S/C25H39N9O10S/c26-8-20(38)33-5-1-3-15(33)23(41)29-10-19(37)32-14(12-45)22(40)30-11-21(39)34-6-2-4-16(34)24(42)28-9-18(36)31-13(25(43)44)7-17(27)35/h13-16,45H,1-12,26H2,(H2,27,35)(H,28,42)(H,29,41)(H,30,40)(H,31,36)(H,32,37)(H,43,44). The van der Waals surface area contributed by atoms with Crippen molar-refractivity contribution in [1.29, 1.82) is 0 Å². The highest BCUT2D eigenvalue weighted by Crippen LogP contribution is 2.18. The number of nitrogens with two attached hydrogens (primary N) is 2. The lowest BCUT2D eigenvalue weighted by Gasteiger charge is -2.25. The average Bonchev–Trinajstić information content (AvgIpc) is 3.69. The van der Waals surface area contributed by atoms with E-state index in [9.17, 15) is 43.2 Å². The third-order valence-corrected chi connectivity index (χ3v) is 7.42. The zero-order valence-corrected chi connectivity index (χ0v) is 25.3. The first-order valence-electron chi connectivity index (χ1n) is 14.1.